The molecule has 0 radical (unpaired) electrons. The number of benzene rings is 1. The number of hydrogen-bond acceptors (Lipinski definition) is 6. The number of aliphatic hydroxyl groups is 1. The van der Waals surface area contributed by atoms with Gasteiger partial charge < -0.3 is 19.7 Å². The quantitative estimate of drug-likeness (QED) is 0.577. The minimum Gasteiger partial charge on any atom is -0.488 e. The molecule has 2 heterocycles. The molecule has 0 fully saturated rings. The number of carbonyl (C=O) groups excluding carboxylic acids is 1. The van der Waals surface area contributed by atoms with Crippen molar-refractivity contribution in [2.75, 3.05) is 11.9 Å². The molecule has 2 aromatic rings. The van der Waals surface area contributed by atoms with E-state index < -0.39 is 56.8 Å². The van der Waals surface area contributed by atoms with E-state index in [9.17, 15) is 35.9 Å². The van der Waals surface area contributed by atoms with Crippen LogP contribution in [0.5, 0.6) is 5.75 Å². The number of aryl methyl sites for hydroxylation is 1. The zero-order valence-electron chi connectivity index (χ0n) is 16.5. The zero-order valence-corrected chi connectivity index (χ0v) is 17.3. The summed E-state index contributed by atoms with van der Waals surface area (Å²) in [6.45, 7) is -0.535. The predicted octanol–water partition coefficient (Wildman–Crippen LogP) is 1.64. The molecule has 3 N–H and O–H groups in total. The Morgan fingerprint density at radius 2 is 2.06 bits per heavy atom. The second-order valence-corrected chi connectivity index (χ2v) is 8.86. The number of sulfonamides is 1. The van der Waals surface area contributed by atoms with Gasteiger partial charge in [0.05, 0.1) is 11.6 Å². The molecule has 0 spiro atoms. The first-order valence-electron chi connectivity index (χ1n) is 8.83. The number of fused-ring (bicyclic) bond motifs is 1. The molecule has 1 aliphatic heterocycles. The molecule has 172 valence electrons. The maximum atomic E-state index is 13.5. The van der Waals surface area contributed by atoms with Crippen LogP contribution in [0.15, 0.2) is 29.3 Å². The Kier molecular flexibility index (Phi) is 5.71. The Hall–Kier alpha value is -3.15. The second-order valence-electron chi connectivity index (χ2n) is 7.17. The van der Waals surface area contributed by atoms with Crippen molar-refractivity contribution >= 4 is 21.6 Å². The molecule has 1 amide bonds. The van der Waals surface area contributed by atoms with Crippen LogP contribution in [0.2, 0.25) is 0 Å². The van der Waals surface area contributed by atoms with E-state index in [1.807, 2.05) is 0 Å². The molecule has 1 aromatic carbocycles. The van der Waals surface area contributed by atoms with E-state index in [1.165, 1.54) is 7.05 Å². The van der Waals surface area contributed by atoms with Crippen molar-refractivity contribution in [3.05, 3.63) is 41.5 Å². The summed E-state index contributed by atoms with van der Waals surface area (Å²) in [5.74, 6) is -2.28. The van der Waals surface area contributed by atoms with Crippen LogP contribution in [0.25, 0.3) is 0 Å². The minimum absolute atomic E-state index is 0.00962. The number of alkyl halides is 3. The number of rotatable bonds is 3. The molecule has 0 aliphatic carbocycles. The van der Waals surface area contributed by atoms with Gasteiger partial charge in [0.25, 0.3) is 5.91 Å². The first-order chi connectivity index (χ1) is 14.7. The summed E-state index contributed by atoms with van der Waals surface area (Å²) in [5, 5.41) is 21.1. The number of nitrogens with zero attached hydrogens (tertiary/aromatic N) is 2. The molecule has 14 heteroatoms. The minimum atomic E-state index is -5.18. The number of carbonyl (C=O) groups is 1. The number of halogens is 4. The number of amides is 1. The number of anilines is 1. The van der Waals surface area contributed by atoms with Crippen LogP contribution in [-0.2, 0) is 17.1 Å². The third-order valence-corrected chi connectivity index (χ3v) is 6.36. The molecule has 9 nitrogen and oxygen atoms in total. The van der Waals surface area contributed by atoms with Gasteiger partial charge in [-0.3, -0.25) is 4.79 Å². The molecule has 1 aromatic heterocycles. The summed E-state index contributed by atoms with van der Waals surface area (Å²) in [5.41, 5.74) is -4.17. The van der Waals surface area contributed by atoms with Gasteiger partial charge in [-0.2, -0.15) is 18.4 Å². The summed E-state index contributed by atoms with van der Waals surface area (Å²) in [4.78, 5) is 12.2. The fourth-order valence-electron chi connectivity index (χ4n) is 2.98. The van der Waals surface area contributed by atoms with E-state index in [-0.39, 0.29) is 16.9 Å². The second kappa shape index (κ2) is 7.76. The van der Waals surface area contributed by atoms with Crippen LogP contribution in [0.4, 0.5) is 23.2 Å². The molecule has 2 unspecified atom stereocenters. The lowest BCUT2D eigenvalue weighted by atomic mass is 9.97. The van der Waals surface area contributed by atoms with Crippen molar-refractivity contribution in [2.24, 2.45) is 7.05 Å². The van der Waals surface area contributed by atoms with Gasteiger partial charge in [0.1, 0.15) is 23.4 Å². The summed E-state index contributed by atoms with van der Waals surface area (Å²) in [6.07, 6.45) is -4.22. The van der Waals surface area contributed by atoms with Gasteiger partial charge in [-0.05, 0) is 25.1 Å². The van der Waals surface area contributed by atoms with Gasteiger partial charge in [-0.25, -0.2) is 17.5 Å². The predicted molar refractivity (Wildman–Crippen MR) is 101 cm³/mol. The zero-order chi connectivity index (χ0) is 24.1. The Morgan fingerprint density at radius 3 is 2.66 bits per heavy atom. The number of hydrogen-bond donors (Lipinski definition) is 3. The fraction of sp³-hybridized carbons (Fsp3) is 0.333. The lowest BCUT2D eigenvalue weighted by Crippen LogP contribution is -2.60. The van der Waals surface area contributed by atoms with E-state index >= 15 is 0 Å². The normalized spacial score (nSPS) is 19.6. The van der Waals surface area contributed by atoms with Crippen LogP contribution >= 0.6 is 0 Å². The summed E-state index contributed by atoms with van der Waals surface area (Å²) < 4.78 is 86.5. The van der Waals surface area contributed by atoms with Crippen LogP contribution in [0.3, 0.4) is 0 Å². The third-order valence-electron chi connectivity index (χ3n) is 4.90. The lowest BCUT2D eigenvalue weighted by Gasteiger charge is -2.33. The van der Waals surface area contributed by atoms with Gasteiger partial charge in [-0.15, -0.1) is 0 Å². The fourth-order valence-corrected chi connectivity index (χ4v) is 4.47. The summed E-state index contributed by atoms with van der Waals surface area (Å²) in [6, 6.07) is 2.64. The van der Waals surface area contributed by atoms with Crippen molar-refractivity contribution in [3.8, 4) is 11.8 Å². The van der Waals surface area contributed by atoms with Crippen molar-refractivity contribution in [1.82, 2.24) is 9.29 Å². The van der Waals surface area contributed by atoms with Crippen LogP contribution in [-0.4, -0.2) is 48.4 Å². The average molecular weight is 476 g/mol. The van der Waals surface area contributed by atoms with Gasteiger partial charge in [0.15, 0.2) is 17.0 Å². The van der Waals surface area contributed by atoms with E-state index in [2.05, 4.69) is 5.32 Å². The molecular weight excluding hydrogens is 460 g/mol. The molecular formula is C18H16F4N4O5S. The molecule has 2 atom stereocenters. The van der Waals surface area contributed by atoms with Crippen molar-refractivity contribution in [1.29, 1.82) is 5.26 Å². The Bertz CT molecular complexity index is 1230. The van der Waals surface area contributed by atoms with E-state index in [0.29, 0.717) is 6.92 Å². The topological polar surface area (TPSA) is 133 Å². The van der Waals surface area contributed by atoms with E-state index in [4.69, 9.17) is 10.00 Å². The highest BCUT2D eigenvalue weighted by molar-refractivity contribution is 7.89. The maximum absolute atomic E-state index is 13.5. The van der Waals surface area contributed by atoms with Gasteiger partial charge in [0.2, 0.25) is 10.0 Å². The molecule has 32 heavy (non-hydrogen) atoms. The number of nitrogens with one attached hydrogen (secondary N) is 2. The van der Waals surface area contributed by atoms with Gasteiger partial charge >= 0.3 is 6.18 Å². The first-order valence-corrected chi connectivity index (χ1v) is 10.3. The van der Waals surface area contributed by atoms with Crippen molar-refractivity contribution in [2.45, 2.75) is 29.6 Å². The van der Waals surface area contributed by atoms with Crippen LogP contribution in [0.1, 0.15) is 23.0 Å². The third kappa shape index (κ3) is 4.01. The Balaban J connectivity index is 1.98. The van der Waals surface area contributed by atoms with Crippen molar-refractivity contribution in [3.63, 3.8) is 0 Å². The first kappa shape index (κ1) is 23.5. The smallest absolute Gasteiger partial charge is 0.418 e. The molecule has 0 saturated heterocycles. The molecule has 0 saturated carbocycles. The van der Waals surface area contributed by atoms with Crippen LogP contribution < -0.4 is 14.8 Å². The highest BCUT2D eigenvalue weighted by Gasteiger charge is 2.57. The highest BCUT2D eigenvalue weighted by atomic mass is 32.2. The average Bonchev–Trinajstić information content (AvgIpc) is 2.96. The number of ether oxygens (including phenoxy) is 1. The van der Waals surface area contributed by atoms with Crippen LogP contribution in [0, 0.1) is 17.1 Å². The van der Waals surface area contributed by atoms with E-state index in [0.717, 1.165) is 29.0 Å². The maximum Gasteiger partial charge on any atom is 0.418 e. The highest BCUT2D eigenvalue weighted by Crippen LogP contribution is 2.38. The SMILES string of the molecule is Cn1cc2c(c1C(=O)Nc1ccc(F)c(C#N)c1)OCC(C(C)(O)C(F)(F)F)NS2(=O)=O. The number of aromatic nitrogens is 1. The standard InChI is InChI=1S/C18H16F4N4O5S/c1-17(28,18(20,21)22)13-8-31-15-12(32(29,30)25-13)7-26(2)14(15)16(27)24-10-3-4-11(19)9(5-10)6-23/h3-5,7,13,25,28H,8H2,1-2H3,(H,24,27). The molecule has 1 aliphatic rings. The summed E-state index contributed by atoms with van der Waals surface area (Å²) >= 11 is 0. The van der Waals surface area contributed by atoms with Gasteiger partial charge in [-0.1, -0.05) is 0 Å². The van der Waals surface area contributed by atoms with Crippen molar-refractivity contribution < 1.29 is 40.6 Å². The molecule has 0 bridgehead atoms. The Morgan fingerprint density at radius 1 is 1.41 bits per heavy atom. The largest absolute Gasteiger partial charge is 0.488 e. The van der Waals surface area contributed by atoms with E-state index in [1.54, 1.807) is 10.8 Å². The Labute approximate surface area is 179 Å². The molecule has 3 rings (SSSR count). The monoisotopic (exact) mass is 476 g/mol. The van der Waals surface area contributed by atoms with Gasteiger partial charge in [0, 0.05) is 18.9 Å². The summed E-state index contributed by atoms with van der Waals surface area (Å²) in [7, 11) is -3.32. The number of nitriles is 1. The lowest BCUT2D eigenvalue weighted by molar-refractivity contribution is -0.263.